The molecule has 2 nitrogen and oxygen atoms in total. The molecular formula is C11H20N2. The second-order valence-electron chi connectivity index (χ2n) is 2.77. The SMILES string of the molecule is C=C=CCNCCCCNC=CC. The number of nitrogens with one attached hydrogen (secondary N) is 2. The van der Waals surface area contributed by atoms with Crippen molar-refractivity contribution < 1.29 is 0 Å². The predicted octanol–water partition coefficient (Wildman–Crippen LogP) is 1.82. The minimum Gasteiger partial charge on any atom is -0.391 e. The molecule has 0 aromatic carbocycles. The molecule has 0 aliphatic carbocycles. The third kappa shape index (κ3) is 11.0. The lowest BCUT2D eigenvalue weighted by molar-refractivity contribution is 0.638. The van der Waals surface area contributed by atoms with E-state index in [0.29, 0.717) is 0 Å². The Labute approximate surface area is 81.4 Å². The second-order valence-corrected chi connectivity index (χ2v) is 2.77. The summed E-state index contributed by atoms with van der Waals surface area (Å²) in [6.07, 6.45) is 8.30. The van der Waals surface area contributed by atoms with Crippen LogP contribution in [0.25, 0.3) is 0 Å². The first kappa shape index (κ1) is 12.0. The maximum Gasteiger partial charge on any atom is 0.0209 e. The summed E-state index contributed by atoms with van der Waals surface area (Å²) >= 11 is 0. The zero-order valence-electron chi connectivity index (χ0n) is 8.47. The quantitative estimate of drug-likeness (QED) is 0.440. The van der Waals surface area contributed by atoms with E-state index >= 15 is 0 Å². The molecule has 0 spiro atoms. The molecule has 0 radical (unpaired) electrons. The van der Waals surface area contributed by atoms with Crippen molar-refractivity contribution in [2.45, 2.75) is 19.8 Å². The van der Waals surface area contributed by atoms with Gasteiger partial charge in [0.15, 0.2) is 0 Å². The van der Waals surface area contributed by atoms with Gasteiger partial charge < -0.3 is 10.6 Å². The molecule has 0 aliphatic rings. The molecule has 0 aromatic rings. The van der Waals surface area contributed by atoms with Crippen LogP contribution >= 0.6 is 0 Å². The van der Waals surface area contributed by atoms with Crippen LogP contribution in [0.3, 0.4) is 0 Å². The summed E-state index contributed by atoms with van der Waals surface area (Å²) in [5.41, 5.74) is 2.73. The molecule has 0 atom stereocenters. The molecule has 74 valence electrons. The van der Waals surface area contributed by atoms with Crippen LogP contribution in [0, 0.1) is 0 Å². The Balaban J connectivity index is 2.95. The van der Waals surface area contributed by atoms with E-state index in [2.05, 4.69) is 22.9 Å². The predicted molar refractivity (Wildman–Crippen MR) is 58.6 cm³/mol. The van der Waals surface area contributed by atoms with Crippen LogP contribution in [0.1, 0.15) is 19.8 Å². The number of hydrogen-bond acceptors (Lipinski definition) is 2. The number of hydrogen-bond donors (Lipinski definition) is 2. The van der Waals surface area contributed by atoms with Gasteiger partial charge in [-0.3, -0.25) is 0 Å². The Morgan fingerprint density at radius 2 is 2.08 bits per heavy atom. The average molecular weight is 180 g/mol. The molecule has 0 aliphatic heterocycles. The van der Waals surface area contributed by atoms with Gasteiger partial charge in [0, 0.05) is 13.1 Å². The summed E-state index contributed by atoms with van der Waals surface area (Å²) in [5.74, 6) is 0. The van der Waals surface area contributed by atoms with Crippen molar-refractivity contribution in [1.82, 2.24) is 10.6 Å². The summed E-state index contributed by atoms with van der Waals surface area (Å²) in [6.45, 7) is 8.51. The third-order valence-corrected chi connectivity index (χ3v) is 1.60. The molecule has 0 heterocycles. The average Bonchev–Trinajstić information content (AvgIpc) is 2.16. The van der Waals surface area contributed by atoms with Gasteiger partial charge in [-0.2, -0.15) is 0 Å². The lowest BCUT2D eigenvalue weighted by Crippen LogP contribution is -2.16. The minimum absolute atomic E-state index is 0.881. The molecule has 0 unspecified atom stereocenters. The lowest BCUT2D eigenvalue weighted by atomic mass is 10.3. The van der Waals surface area contributed by atoms with Gasteiger partial charge in [-0.05, 0) is 38.6 Å². The van der Waals surface area contributed by atoms with E-state index in [1.807, 2.05) is 25.3 Å². The van der Waals surface area contributed by atoms with E-state index in [1.54, 1.807) is 0 Å². The Hall–Kier alpha value is -0.980. The maximum atomic E-state index is 3.49. The number of rotatable bonds is 8. The molecule has 0 aromatic heterocycles. The topological polar surface area (TPSA) is 24.1 Å². The normalized spacial score (nSPS) is 9.92. The van der Waals surface area contributed by atoms with E-state index in [-0.39, 0.29) is 0 Å². The molecule has 0 saturated heterocycles. The first-order chi connectivity index (χ1) is 6.41. The monoisotopic (exact) mass is 180 g/mol. The van der Waals surface area contributed by atoms with Crippen molar-refractivity contribution in [2.24, 2.45) is 0 Å². The van der Waals surface area contributed by atoms with E-state index in [0.717, 1.165) is 19.6 Å². The smallest absolute Gasteiger partial charge is 0.0209 e. The van der Waals surface area contributed by atoms with Gasteiger partial charge in [0.25, 0.3) is 0 Å². The highest BCUT2D eigenvalue weighted by Gasteiger charge is 1.85. The van der Waals surface area contributed by atoms with E-state index in [9.17, 15) is 0 Å². The lowest BCUT2D eigenvalue weighted by Gasteiger charge is -2.01. The van der Waals surface area contributed by atoms with Crippen LogP contribution < -0.4 is 10.6 Å². The van der Waals surface area contributed by atoms with Crippen molar-refractivity contribution in [1.29, 1.82) is 0 Å². The highest BCUT2D eigenvalue weighted by atomic mass is 14.8. The summed E-state index contributed by atoms with van der Waals surface area (Å²) in [7, 11) is 0. The fourth-order valence-corrected chi connectivity index (χ4v) is 0.925. The summed E-state index contributed by atoms with van der Waals surface area (Å²) in [6, 6.07) is 0. The zero-order valence-corrected chi connectivity index (χ0v) is 8.47. The van der Waals surface area contributed by atoms with Gasteiger partial charge in [-0.15, -0.1) is 5.73 Å². The minimum atomic E-state index is 0.881. The fourth-order valence-electron chi connectivity index (χ4n) is 0.925. The van der Waals surface area contributed by atoms with Gasteiger partial charge in [0.2, 0.25) is 0 Å². The van der Waals surface area contributed by atoms with Crippen molar-refractivity contribution in [3.63, 3.8) is 0 Å². The van der Waals surface area contributed by atoms with Gasteiger partial charge in [-0.25, -0.2) is 0 Å². The molecular weight excluding hydrogens is 160 g/mol. The molecule has 2 N–H and O–H groups in total. The highest BCUT2D eigenvalue weighted by Crippen LogP contribution is 1.84. The van der Waals surface area contributed by atoms with Gasteiger partial charge in [-0.1, -0.05) is 12.7 Å². The third-order valence-electron chi connectivity index (χ3n) is 1.60. The van der Waals surface area contributed by atoms with E-state index < -0.39 is 0 Å². The Morgan fingerprint density at radius 1 is 1.31 bits per heavy atom. The van der Waals surface area contributed by atoms with Crippen molar-refractivity contribution in [3.8, 4) is 0 Å². The largest absolute Gasteiger partial charge is 0.391 e. The van der Waals surface area contributed by atoms with Gasteiger partial charge in [0.1, 0.15) is 0 Å². The molecule has 0 fully saturated rings. The number of unbranched alkanes of at least 4 members (excludes halogenated alkanes) is 1. The summed E-state index contributed by atoms with van der Waals surface area (Å²) < 4.78 is 0. The molecule has 0 saturated carbocycles. The van der Waals surface area contributed by atoms with Gasteiger partial charge >= 0.3 is 0 Å². The molecule has 0 amide bonds. The molecule has 13 heavy (non-hydrogen) atoms. The molecule has 0 rings (SSSR count). The molecule has 0 bridgehead atoms. The summed E-state index contributed by atoms with van der Waals surface area (Å²) in [4.78, 5) is 0. The van der Waals surface area contributed by atoms with Crippen LogP contribution in [0.5, 0.6) is 0 Å². The highest BCUT2D eigenvalue weighted by molar-refractivity contribution is 4.78. The fraction of sp³-hybridized carbons (Fsp3) is 0.545. The Bertz CT molecular complexity index is 167. The van der Waals surface area contributed by atoms with Crippen LogP contribution in [0.15, 0.2) is 30.7 Å². The summed E-state index contributed by atoms with van der Waals surface area (Å²) in [5, 5.41) is 6.47. The zero-order chi connectivity index (χ0) is 9.78. The van der Waals surface area contributed by atoms with Crippen molar-refractivity contribution >= 4 is 0 Å². The number of allylic oxidation sites excluding steroid dienone is 1. The van der Waals surface area contributed by atoms with Gasteiger partial charge in [0.05, 0.1) is 0 Å². The van der Waals surface area contributed by atoms with Crippen molar-refractivity contribution in [2.75, 3.05) is 19.6 Å². The van der Waals surface area contributed by atoms with E-state index in [1.165, 1.54) is 12.8 Å². The standard InChI is InChI=1S/C11H20N2/c1-3-5-9-13-11-7-6-10-12-8-4-2/h4-5,8,12-13H,1,6-7,9-11H2,2H3. The van der Waals surface area contributed by atoms with Crippen LogP contribution in [-0.4, -0.2) is 19.6 Å². The Morgan fingerprint density at radius 3 is 2.77 bits per heavy atom. The van der Waals surface area contributed by atoms with Crippen LogP contribution in [0.4, 0.5) is 0 Å². The molecule has 2 heteroatoms. The first-order valence-corrected chi connectivity index (χ1v) is 4.81. The van der Waals surface area contributed by atoms with E-state index in [4.69, 9.17) is 0 Å². The van der Waals surface area contributed by atoms with Crippen LogP contribution in [0.2, 0.25) is 0 Å². The van der Waals surface area contributed by atoms with Crippen LogP contribution in [-0.2, 0) is 0 Å². The Kier molecular flexibility index (Phi) is 10.2. The van der Waals surface area contributed by atoms with Crippen molar-refractivity contribution in [3.05, 3.63) is 30.7 Å². The first-order valence-electron chi connectivity index (χ1n) is 4.81. The maximum absolute atomic E-state index is 3.49. The second kappa shape index (κ2) is 11.0.